The van der Waals surface area contributed by atoms with E-state index in [1.165, 1.54) is 37.8 Å². The van der Waals surface area contributed by atoms with E-state index in [0.29, 0.717) is 29.7 Å². The first kappa shape index (κ1) is 23.4. The van der Waals surface area contributed by atoms with E-state index in [1.54, 1.807) is 6.07 Å². The Hall–Kier alpha value is -2.72. The molecular formula is C23H35FN8O. The zero-order valence-electron chi connectivity index (χ0n) is 19.2. The summed E-state index contributed by atoms with van der Waals surface area (Å²) in [4.78, 5) is 13.6. The maximum atomic E-state index is 13.8. The smallest absolute Gasteiger partial charge is 0.243 e. The van der Waals surface area contributed by atoms with E-state index in [0.717, 1.165) is 38.6 Å². The number of nitrogens with one attached hydrogen (secondary N) is 5. The first-order valence-electron chi connectivity index (χ1n) is 12.1. The van der Waals surface area contributed by atoms with Crippen LogP contribution in [0.1, 0.15) is 64.7 Å². The van der Waals surface area contributed by atoms with Crippen LogP contribution in [0, 0.1) is 5.82 Å². The molecule has 1 aromatic heterocycles. The van der Waals surface area contributed by atoms with Crippen molar-refractivity contribution in [1.29, 1.82) is 0 Å². The Morgan fingerprint density at radius 1 is 1.03 bits per heavy atom. The van der Waals surface area contributed by atoms with E-state index in [4.69, 9.17) is 0 Å². The highest BCUT2D eigenvalue weighted by molar-refractivity contribution is 5.57. The summed E-state index contributed by atoms with van der Waals surface area (Å²) >= 11 is 0. The Balaban J connectivity index is 1.52. The van der Waals surface area contributed by atoms with Crippen LogP contribution < -0.4 is 26.8 Å². The number of aromatic hydroxyl groups is 1. The number of halogens is 1. The van der Waals surface area contributed by atoms with Crippen LogP contribution in [0.5, 0.6) is 5.75 Å². The molecule has 180 valence electrons. The van der Waals surface area contributed by atoms with Crippen LogP contribution in [-0.4, -0.2) is 44.7 Å². The number of hydrogen-bond donors (Lipinski definition) is 6. The van der Waals surface area contributed by atoms with Gasteiger partial charge in [0.05, 0.1) is 0 Å². The lowest BCUT2D eigenvalue weighted by atomic mass is 10.0. The van der Waals surface area contributed by atoms with Crippen molar-refractivity contribution < 1.29 is 9.50 Å². The van der Waals surface area contributed by atoms with Gasteiger partial charge < -0.3 is 21.1 Å². The molecule has 2 aliphatic rings. The SMILES string of the molecule is CCC(Nc1nc(NNC2CCCCCC2)nc(Nc2ccc(O)c(F)c2)n1)C1CCCN1. The van der Waals surface area contributed by atoms with Gasteiger partial charge in [-0.15, -0.1) is 0 Å². The molecule has 0 radical (unpaired) electrons. The molecule has 1 aromatic carbocycles. The monoisotopic (exact) mass is 458 g/mol. The van der Waals surface area contributed by atoms with Gasteiger partial charge in [-0.25, -0.2) is 9.82 Å². The molecule has 2 unspecified atom stereocenters. The topological polar surface area (TPSA) is 119 Å². The summed E-state index contributed by atoms with van der Waals surface area (Å²) in [7, 11) is 0. The number of phenols is 1. The fourth-order valence-corrected chi connectivity index (χ4v) is 4.56. The lowest BCUT2D eigenvalue weighted by Gasteiger charge is -2.24. The standard InChI is InChI=1S/C23H35FN8O/c1-2-18(19-10-7-13-25-19)27-22-28-21(26-16-11-12-20(33)17(24)14-16)29-23(30-22)32-31-15-8-5-3-4-6-9-15/h11-12,14-15,18-19,25,31,33H,2-10,13H2,1H3,(H3,26,27,28,29,30,32). The van der Waals surface area contributed by atoms with Crippen LogP contribution in [0.15, 0.2) is 18.2 Å². The molecule has 33 heavy (non-hydrogen) atoms. The van der Waals surface area contributed by atoms with Crippen molar-refractivity contribution >= 4 is 23.5 Å². The minimum atomic E-state index is -0.709. The molecule has 2 heterocycles. The lowest BCUT2D eigenvalue weighted by molar-refractivity contribution is 0.432. The largest absolute Gasteiger partial charge is 0.505 e. The summed E-state index contributed by atoms with van der Waals surface area (Å²) in [5, 5.41) is 19.5. The van der Waals surface area contributed by atoms with Crippen molar-refractivity contribution in [3.63, 3.8) is 0 Å². The Morgan fingerprint density at radius 3 is 2.48 bits per heavy atom. The summed E-state index contributed by atoms with van der Waals surface area (Å²) in [6.45, 7) is 3.17. The van der Waals surface area contributed by atoms with Crippen molar-refractivity contribution in [2.24, 2.45) is 0 Å². The summed E-state index contributed by atoms with van der Waals surface area (Å²) < 4.78 is 13.8. The van der Waals surface area contributed by atoms with E-state index in [-0.39, 0.29) is 12.0 Å². The molecule has 1 saturated carbocycles. The molecular weight excluding hydrogens is 423 g/mol. The van der Waals surface area contributed by atoms with Gasteiger partial charge in [-0.1, -0.05) is 32.6 Å². The summed E-state index contributed by atoms with van der Waals surface area (Å²) in [5.41, 5.74) is 6.98. The summed E-state index contributed by atoms with van der Waals surface area (Å²) in [6, 6.07) is 5.01. The number of hydrazine groups is 1. The fourth-order valence-electron chi connectivity index (χ4n) is 4.56. The molecule has 0 amide bonds. The van der Waals surface area contributed by atoms with Crippen LogP contribution in [0.25, 0.3) is 0 Å². The normalized spacial score (nSPS) is 20.2. The molecule has 2 fully saturated rings. The van der Waals surface area contributed by atoms with Crippen molar-refractivity contribution in [2.75, 3.05) is 22.6 Å². The Bertz CT molecular complexity index is 900. The zero-order valence-corrected chi connectivity index (χ0v) is 19.2. The average Bonchev–Trinajstić information content (AvgIpc) is 3.22. The van der Waals surface area contributed by atoms with Gasteiger partial charge in [-0.2, -0.15) is 15.0 Å². The maximum absolute atomic E-state index is 13.8. The number of hydrogen-bond acceptors (Lipinski definition) is 9. The number of phenolic OH excluding ortho intramolecular Hbond substituents is 1. The van der Waals surface area contributed by atoms with Crippen molar-refractivity contribution in [1.82, 2.24) is 25.7 Å². The minimum Gasteiger partial charge on any atom is -0.505 e. The molecule has 6 N–H and O–H groups in total. The number of nitrogens with zero attached hydrogens (tertiary/aromatic N) is 3. The third-order valence-electron chi connectivity index (χ3n) is 6.42. The molecule has 2 aromatic rings. The number of rotatable bonds is 9. The summed E-state index contributed by atoms with van der Waals surface area (Å²) in [5.74, 6) is 0.0321. The predicted octanol–water partition coefficient (Wildman–Crippen LogP) is 4.04. The van der Waals surface area contributed by atoms with E-state index in [9.17, 15) is 9.50 Å². The highest BCUT2D eigenvalue weighted by Crippen LogP contribution is 2.23. The van der Waals surface area contributed by atoms with Gasteiger partial charge in [0.15, 0.2) is 11.6 Å². The number of benzene rings is 1. The second-order valence-electron chi connectivity index (χ2n) is 8.92. The molecule has 0 bridgehead atoms. The van der Waals surface area contributed by atoms with Crippen molar-refractivity contribution in [3.05, 3.63) is 24.0 Å². The fraction of sp³-hybridized carbons (Fsp3) is 0.609. The van der Waals surface area contributed by atoms with Crippen LogP contribution >= 0.6 is 0 Å². The predicted molar refractivity (Wildman–Crippen MR) is 128 cm³/mol. The number of anilines is 4. The molecule has 9 nitrogen and oxygen atoms in total. The second kappa shape index (κ2) is 11.4. The zero-order chi connectivity index (χ0) is 23.0. The van der Waals surface area contributed by atoms with Crippen molar-refractivity contribution in [3.8, 4) is 5.75 Å². The van der Waals surface area contributed by atoms with Crippen LogP contribution in [0.4, 0.5) is 27.9 Å². The van der Waals surface area contributed by atoms with Gasteiger partial charge in [0.25, 0.3) is 0 Å². The molecule has 0 spiro atoms. The van der Waals surface area contributed by atoms with E-state index < -0.39 is 11.6 Å². The molecule has 1 saturated heterocycles. The first-order chi connectivity index (χ1) is 16.1. The Kier molecular flexibility index (Phi) is 8.11. The van der Waals surface area contributed by atoms with Gasteiger partial charge in [-0.3, -0.25) is 5.43 Å². The van der Waals surface area contributed by atoms with Crippen LogP contribution in [0.3, 0.4) is 0 Å². The van der Waals surface area contributed by atoms with E-state index >= 15 is 0 Å². The van der Waals surface area contributed by atoms with Gasteiger partial charge in [0.1, 0.15) is 0 Å². The first-order valence-corrected chi connectivity index (χ1v) is 12.1. The third kappa shape index (κ3) is 6.64. The number of aromatic nitrogens is 3. The molecule has 1 aliphatic carbocycles. The van der Waals surface area contributed by atoms with E-state index in [2.05, 4.69) is 48.7 Å². The quantitative estimate of drug-likeness (QED) is 0.188. The third-order valence-corrected chi connectivity index (χ3v) is 6.42. The highest BCUT2D eigenvalue weighted by Gasteiger charge is 2.24. The van der Waals surface area contributed by atoms with Gasteiger partial charge in [-0.05, 0) is 50.8 Å². The Labute approximate surface area is 194 Å². The average molecular weight is 459 g/mol. The highest BCUT2D eigenvalue weighted by atomic mass is 19.1. The Morgan fingerprint density at radius 2 is 1.79 bits per heavy atom. The van der Waals surface area contributed by atoms with Crippen LogP contribution in [-0.2, 0) is 0 Å². The van der Waals surface area contributed by atoms with Gasteiger partial charge in [0, 0.05) is 29.9 Å². The summed E-state index contributed by atoms with van der Waals surface area (Å²) in [6.07, 6.45) is 10.4. The molecule has 2 atom stereocenters. The van der Waals surface area contributed by atoms with Crippen molar-refractivity contribution in [2.45, 2.75) is 82.8 Å². The molecule has 10 heteroatoms. The van der Waals surface area contributed by atoms with Gasteiger partial charge in [0.2, 0.25) is 17.8 Å². The lowest BCUT2D eigenvalue weighted by Crippen LogP contribution is -2.40. The molecule has 4 rings (SSSR count). The minimum absolute atomic E-state index is 0.191. The second-order valence-corrected chi connectivity index (χ2v) is 8.92. The van der Waals surface area contributed by atoms with E-state index in [1.807, 2.05) is 0 Å². The van der Waals surface area contributed by atoms with Gasteiger partial charge >= 0.3 is 0 Å². The molecule has 1 aliphatic heterocycles. The maximum Gasteiger partial charge on any atom is 0.243 e. The van der Waals surface area contributed by atoms with Crippen LogP contribution in [0.2, 0.25) is 0 Å².